The topological polar surface area (TPSA) is 70.2 Å². The molecule has 1 aliphatic heterocycles. The first-order chi connectivity index (χ1) is 8.70. The van der Waals surface area contributed by atoms with Crippen molar-refractivity contribution in [3.63, 3.8) is 0 Å². The quantitative estimate of drug-likeness (QED) is 0.709. The van der Waals surface area contributed by atoms with Crippen molar-refractivity contribution in [1.29, 1.82) is 0 Å². The van der Waals surface area contributed by atoms with Gasteiger partial charge in [0.15, 0.2) is 0 Å². The maximum absolute atomic E-state index is 12.1. The average Bonchev–Trinajstić information content (AvgIpc) is 2.27. The molecule has 0 aromatic heterocycles. The lowest BCUT2D eigenvalue weighted by molar-refractivity contribution is -0.131. The minimum atomic E-state index is -0.511. The average molecular weight is 269 g/mol. The first-order valence-corrected chi connectivity index (χ1v) is 7.06. The van der Waals surface area contributed by atoms with Crippen LogP contribution in [0.1, 0.15) is 47.5 Å². The first-order valence-electron chi connectivity index (χ1n) is 7.06. The second-order valence-corrected chi connectivity index (χ2v) is 6.52. The Hall–Kier alpha value is -1.10. The Bertz CT molecular complexity index is 336. The third kappa shape index (κ3) is 5.19. The summed E-state index contributed by atoms with van der Waals surface area (Å²) in [7, 11) is 0. The van der Waals surface area contributed by atoms with E-state index in [9.17, 15) is 9.59 Å². The van der Waals surface area contributed by atoms with Gasteiger partial charge in [0.05, 0.1) is 6.04 Å². The summed E-state index contributed by atoms with van der Waals surface area (Å²) in [5, 5.41) is 8.87. The number of piperidine rings is 1. The molecular weight excluding hydrogens is 242 g/mol. The smallest absolute Gasteiger partial charge is 0.242 e. The van der Waals surface area contributed by atoms with E-state index in [1.54, 1.807) is 6.92 Å². The minimum Gasteiger partial charge on any atom is -0.350 e. The third-order valence-corrected chi connectivity index (χ3v) is 3.30. The second-order valence-electron chi connectivity index (χ2n) is 6.52. The Morgan fingerprint density at radius 2 is 1.95 bits per heavy atom. The number of nitrogens with one attached hydrogen (secondary N) is 3. The Labute approximate surface area is 115 Å². The molecule has 1 fully saturated rings. The molecule has 0 aromatic carbocycles. The normalized spacial score (nSPS) is 25.5. The van der Waals surface area contributed by atoms with Crippen LogP contribution in [0.25, 0.3) is 0 Å². The molecular formula is C14H27N3O2. The summed E-state index contributed by atoms with van der Waals surface area (Å²) in [5.74, 6) is 0.0831. The molecule has 3 N–H and O–H groups in total. The van der Waals surface area contributed by atoms with Gasteiger partial charge in [0.1, 0.15) is 6.04 Å². The molecule has 2 amide bonds. The van der Waals surface area contributed by atoms with Gasteiger partial charge >= 0.3 is 0 Å². The Morgan fingerprint density at radius 1 is 1.32 bits per heavy atom. The van der Waals surface area contributed by atoms with Gasteiger partial charge in [-0.3, -0.25) is 9.59 Å². The Morgan fingerprint density at radius 3 is 2.47 bits per heavy atom. The molecule has 0 aromatic rings. The van der Waals surface area contributed by atoms with Crippen LogP contribution in [0.4, 0.5) is 0 Å². The summed E-state index contributed by atoms with van der Waals surface area (Å²) >= 11 is 0. The van der Waals surface area contributed by atoms with Gasteiger partial charge in [-0.2, -0.15) is 0 Å². The number of rotatable bonds is 3. The highest BCUT2D eigenvalue weighted by atomic mass is 16.2. The van der Waals surface area contributed by atoms with Crippen molar-refractivity contribution in [3.05, 3.63) is 0 Å². The van der Waals surface area contributed by atoms with Crippen molar-refractivity contribution in [2.24, 2.45) is 5.92 Å². The monoisotopic (exact) mass is 269 g/mol. The number of hydrogen-bond acceptors (Lipinski definition) is 3. The fourth-order valence-electron chi connectivity index (χ4n) is 2.25. The highest BCUT2D eigenvalue weighted by Crippen LogP contribution is 2.15. The molecule has 110 valence electrons. The van der Waals surface area contributed by atoms with Crippen LogP contribution in [-0.2, 0) is 9.59 Å². The maximum atomic E-state index is 12.1. The van der Waals surface area contributed by atoms with Gasteiger partial charge in [0, 0.05) is 5.54 Å². The zero-order chi connectivity index (χ0) is 14.6. The lowest BCUT2D eigenvalue weighted by Gasteiger charge is -2.30. The van der Waals surface area contributed by atoms with Crippen molar-refractivity contribution in [2.45, 2.75) is 65.1 Å². The summed E-state index contributed by atoms with van der Waals surface area (Å²) in [6.07, 6.45) is 2.15. The van der Waals surface area contributed by atoms with Gasteiger partial charge < -0.3 is 16.0 Å². The van der Waals surface area contributed by atoms with Gasteiger partial charge in [-0.1, -0.05) is 6.92 Å². The van der Waals surface area contributed by atoms with E-state index in [1.165, 1.54) is 0 Å². The summed E-state index contributed by atoms with van der Waals surface area (Å²) in [5.41, 5.74) is -0.285. The minimum absolute atomic E-state index is 0.0799. The summed E-state index contributed by atoms with van der Waals surface area (Å²) in [6, 6.07) is -0.693. The van der Waals surface area contributed by atoms with Crippen LogP contribution < -0.4 is 16.0 Å². The van der Waals surface area contributed by atoms with E-state index in [4.69, 9.17) is 0 Å². The molecule has 1 aliphatic rings. The van der Waals surface area contributed by atoms with E-state index < -0.39 is 6.04 Å². The molecule has 1 saturated heterocycles. The van der Waals surface area contributed by atoms with E-state index in [2.05, 4.69) is 22.9 Å². The van der Waals surface area contributed by atoms with Crippen LogP contribution in [0, 0.1) is 5.92 Å². The van der Waals surface area contributed by atoms with Gasteiger partial charge in [0.2, 0.25) is 11.8 Å². The van der Waals surface area contributed by atoms with Crippen LogP contribution >= 0.6 is 0 Å². The summed E-state index contributed by atoms with van der Waals surface area (Å²) < 4.78 is 0. The van der Waals surface area contributed by atoms with E-state index in [-0.39, 0.29) is 23.4 Å². The van der Waals surface area contributed by atoms with Crippen LogP contribution in [0.15, 0.2) is 0 Å². The van der Waals surface area contributed by atoms with E-state index in [1.807, 2.05) is 20.8 Å². The largest absolute Gasteiger partial charge is 0.350 e. The van der Waals surface area contributed by atoms with E-state index >= 15 is 0 Å². The first kappa shape index (κ1) is 16.0. The fourth-order valence-corrected chi connectivity index (χ4v) is 2.25. The Kier molecular flexibility index (Phi) is 5.35. The standard InChI is InChI=1S/C14H27N3O2/c1-9-7-6-8-15-11(9)13(19)16-10(2)12(18)17-14(3,4)5/h9-11,15H,6-8H2,1-5H3,(H,16,19)(H,17,18). The van der Waals surface area contributed by atoms with Gasteiger partial charge in [0.25, 0.3) is 0 Å². The molecule has 5 nitrogen and oxygen atoms in total. The van der Waals surface area contributed by atoms with Crippen LogP contribution in [0.2, 0.25) is 0 Å². The predicted octanol–water partition coefficient (Wildman–Crippen LogP) is 0.794. The molecule has 0 spiro atoms. The number of carbonyl (C=O) groups excluding carboxylic acids is 2. The van der Waals surface area contributed by atoms with Crippen molar-refractivity contribution in [3.8, 4) is 0 Å². The number of amides is 2. The number of carbonyl (C=O) groups is 2. The lowest BCUT2D eigenvalue weighted by atomic mass is 9.92. The molecule has 5 heteroatoms. The fraction of sp³-hybridized carbons (Fsp3) is 0.857. The molecule has 3 unspecified atom stereocenters. The molecule has 1 rings (SSSR count). The zero-order valence-corrected chi connectivity index (χ0v) is 12.7. The van der Waals surface area contributed by atoms with E-state index in [0.717, 1.165) is 19.4 Å². The summed E-state index contributed by atoms with van der Waals surface area (Å²) in [6.45, 7) is 10.4. The van der Waals surface area contributed by atoms with Gasteiger partial charge in [-0.25, -0.2) is 0 Å². The van der Waals surface area contributed by atoms with Crippen molar-refractivity contribution < 1.29 is 9.59 Å². The SMILES string of the molecule is CC(NC(=O)C1NCCCC1C)C(=O)NC(C)(C)C. The van der Waals surface area contributed by atoms with E-state index in [0.29, 0.717) is 5.92 Å². The molecule has 0 aliphatic carbocycles. The van der Waals surface area contributed by atoms with Gasteiger partial charge in [-0.15, -0.1) is 0 Å². The second kappa shape index (κ2) is 6.37. The van der Waals surface area contributed by atoms with Crippen molar-refractivity contribution >= 4 is 11.8 Å². The predicted molar refractivity (Wildman–Crippen MR) is 75.7 cm³/mol. The highest BCUT2D eigenvalue weighted by Gasteiger charge is 2.29. The number of hydrogen-bond donors (Lipinski definition) is 3. The van der Waals surface area contributed by atoms with Crippen LogP contribution in [-0.4, -0.2) is 36.0 Å². The molecule has 1 heterocycles. The zero-order valence-electron chi connectivity index (χ0n) is 12.7. The third-order valence-electron chi connectivity index (χ3n) is 3.30. The lowest BCUT2D eigenvalue weighted by Crippen LogP contribution is -2.56. The van der Waals surface area contributed by atoms with Gasteiger partial charge in [-0.05, 0) is 53.0 Å². The van der Waals surface area contributed by atoms with Crippen molar-refractivity contribution in [1.82, 2.24) is 16.0 Å². The van der Waals surface area contributed by atoms with Crippen molar-refractivity contribution in [2.75, 3.05) is 6.54 Å². The van der Waals surface area contributed by atoms with Crippen LogP contribution in [0.3, 0.4) is 0 Å². The molecule has 0 bridgehead atoms. The summed E-state index contributed by atoms with van der Waals surface area (Å²) in [4.78, 5) is 24.0. The molecule has 19 heavy (non-hydrogen) atoms. The Balaban J connectivity index is 2.49. The molecule has 3 atom stereocenters. The molecule has 0 saturated carbocycles. The highest BCUT2D eigenvalue weighted by molar-refractivity contribution is 5.89. The molecule has 0 radical (unpaired) electrons. The maximum Gasteiger partial charge on any atom is 0.242 e. The van der Waals surface area contributed by atoms with Crippen LogP contribution in [0.5, 0.6) is 0 Å².